The molecule has 0 aliphatic heterocycles. The molecule has 4 rings (SSSR count). The lowest BCUT2D eigenvalue weighted by Gasteiger charge is -2.59. The first kappa shape index (κ1) is 18.9. The van der Waals surface area contributed by atoms with Gasteiger partial charge in [0, 0.05) is 12.3 Å². The Hall–Kier alpha value is -1.45. The summed E-state index contributed by atoms with van der Waals surface area (Å²) in [6.07, 6.45) is 8.50. The number of hydrogen-bond donors (Lipinski definition) is 1. The molecule has 0 aromatic rings. The first-order chi connectivity index (χ1) is 12.7. The molecule has 0 amide bonds. The number of aliphatic carboxylic acids is 1. The van der Waals surface area contributed by atoms with E-state index in [9.17, 15) is 19.5 Å². The van der Waals surface area contributed by atoms with Crippen LogP contribution in [0.4, 0.5) is 0 Å². The fourth-order valence-corrected chi connectivity index (χ4v) is 7.86. The van der Waals surface area contributed by atoms with Gasteiger partial charge in [0.15, 0.2) is 5.78 Å². The van der Waals surface area contributed by atoms with Crippen LogP contribution in [-0.2, 0) is 14.4 Å². The van der Waals surface area contributed by atoms with Crippen molar-refractivity contribution in [2.75, 3.05) is 0 Å². The Labute approximate surface area is 161 Å². The zero-order valence-electron chi connectivity index (χ0n) is 16.8. The quantitative estimate of drug-likeness (QED) is 0.796. The summed E-state index contributed by atoms with van der Waals surface area (Å²) in [4.78, 5) is 36.0. The Bertz CT molecular complexity index is 722. The van der Waals surface area contributed by atoms with Gasteiger partial charge in [-0.05, 0) is 86.0 Å². The lowest BCUT2D eigenvalue weighted by atomic mass is 9.45. The van der Waals surface area contributed by atoms with Crippen LogP contribution in [0.2, 0.25) is 0 Å². The number of carbonyl (C=O) groups excluding carboxylic acids is 2. The van der Waals surface area contributed by atoms with Gasteiger partial charge in [-0.15, -0.1) is 0 Å². The van der Waals surface area contributed by atoms with Gasteiger partial charge in [0.2, 0.25) is 0 Å². The molecule has 7 atom stereocenters. The second kappa shape index (κ2) is 6.28. The van der Waals surface area contributed by atoms with Crippen molar-refractivity contribution in [3.05, 3.63) is 11.6 Å². The third-order valence-corrected chi connectivity index (χ3v) is 9.03. The molecule has 0 aromatic carbocycles. The largest absolute Gasteiger partial charge is 0.481 e. The van der Waals surface area contributed by atoms with E-state index in [0.29, 0.717) is 30.0 Å². The van der Waals surface area contributed by atoms with E-state index < -0.39 is 5.97 Å². The number of carboxylic acids is 1. The molecule has 4 aliphatic rings. The average Bonchev–Trinajstić information content (AvgIpc) is 2.93. The molecule has 4 nitrogen and oxygen atoms in total. The van der Waals surface area contributed by atoms with Crippen molar-refractivity contribution < 1.29 is 19.5 Å². The Morgan fingerprint density at radius 2 is 1.89 bits per heavy atom. The lowest BCUT2D eigenvalue weighted by Crippen LogP contribution is -2.53. The maximum Gasteiger partial charge on any atom is 0.303 e. The molecular weight excluding hydrogens is 340 g/mol. The SMILES string of the molecule is CC(=O)[C@H]1CC[C@H]2[C@@H]3CC(CC(=O)O)C4=CC(=O)CC[C@]4(C)[C@H]3CC[C@]12C. The van der Waals surface area contributed by atoms with Crippen molar-refractivity contribution in [3.63, 3.8) is 0 Å². The van der Waals surface area contributed by atoms with Crippen molar-refractivity contribution in [2.24, 2.45) is 40.4 Å². The van der Waals surface area contributed by atoms with E-state index in [1.807, 2.05) is 0 Å². The van der Waals surface area contributed by atoms with Crippen LogP contribution in [0.15, 0.2) is 11.6 Å². The number of Topliss-reactive ketones (excluding diaryl/α,β-unsaturated/α-hetero) is 1. The minimum atomic E-state index is -0.772. The number of carboxylic acid groups (broad SMARTS) is 1. The van der Waals surface area contributed by atoms with E-state index in [1.54, 1.807) is 13.0 Å². The van der Waals surface area contributed by atoms with E-state index >= 15 is 0 Å². The average molecular weight is 373 g/mol. The summed E-state index contributed by atoms with van der Waals surface area (Å²) in [7, 11) is 0. The molecule has 0 spiro atoms. The molecule has 4 aliphatic carbocycles. The molecule has 3 saturated carbocycles. The topological polar surface area (TPSA) is 71.4 Å². The fraction of sp³-hybridized carbons (Fsp3) is 0.783. The highest BCUT2D eigenvalue weighted by Gasteiger charge is 2.61. The van der Waals surface area contributed by atoms with Crippen LogP contribution in [0.5, 0.6) is 0 Å². The predicted octanol–water partition coefficient (Wildman–Crippen LogP) is 4.42. The van der Waals surface area contributed by atoms with Crippen LogP contribution in [0.3, 0.4) is 0 Å². The van der Waals surface area contributed by atoms with Crippen molar-refractivity contribution in [2.45, 2.75) is 72.1 Å². The van der Waals surface area contributed by atoms with Crippen molar-refractivity contribution in [3.8, 4) is 0 Å². The first-order valence-electron chi connectivity index (χ1n) is 10.6. The smallest absolute Gasteiger partial charge is 0.303 e. The number of rotatable bonds is 3. The molecule has 1 unspecified atom stereocenters. The monoisotopic (exact) mass is 372 g/mol. The summed E-state index contributed by atoms with van der Waals surface area (Å²) in [5.74, 6) is 1.36. The molecule has 0 bridgehead atoms. The predicted molar refractivity (Wildman–Crippen MR) is 102 cm³/mol. The Kier molecular flexibility index (Phi) is 4.40. The van der Waals surface area contributed by atoms with E-state index in [1.165, 1.54) is 0 Å². The zero-order chi connectivity index (χ0) is 19.6. The van der Waals surface area contributed by atoms with Gasteiger partial charge in [-0.25, -0.2) is 0 Å². The Morgan fingerprint density at radius 1 is 1.15 bits per heavy atom. The van der Waals surface area contributed by atoms with Crippen LogP contribution in [0.25, 0.3) is 0 Å². The number of fused-ring (bicyclic) bond motifs is 5. The van der Waals surface area contributed by atoms with Gasteiger partial charge >= 0.3 is 5.97 Å². The minimum Gasteiger partial charge on any atom is -0.481 e. The molecule has 148 valence electrons. The van der Waals surface area contributed by atoms with Crippen LogP contribution < -0.4 is 0 Å². The Balaban J connectivity index is 1.73. The van der Waals surface area contributed by atoms with Crippen molar-refractivity contribution in [1.82, 2.24) is 0 Å². The number of ketones is 2. The van der Waals surface area contributed by atoms with Crippen LogP contribution in [0, 0.1) is 40.4 Å². The normalized spacial score (nSPS) is 46.1. The van der Waals surface area contributed by atoms with Gasteiger partial charge in [-0.2, -0.15) is 0 Å². The molecule has 0 heterocycles. The van der Waals surface area contributed by atoms with Gasteiger partial charge < -0.3 is 5.11 Å². The standard InChI is InChI=1S/C23H32O4/c1-13(24)17-4-5-18-16-10-14(11-21(26)27)20-12-15(25)6-8-23(20,3)19(16)7-9-22(17,18)2/h12,14,16-19H,4-11H2,1-3H3,(H,26,27)/t14?,16-,17+,18-,19-,22+,23+/m0/s1. The van der Waals surface area contributed by atoms with Crippen LogP contribution in [0.1, 0.15) is 72.1 Å². The highest BCUT2D eigenvalue weighted by molar-refractivity contribution is 5.92. The second-order valence-corrected chi connectivity index (χ2v) is 10.2. The van der Waals surface area contributed by atoms with E-state index in [0.717, 1.165) is 44.1 Å². The Morgan fingerprint density at radius 3 is 2.56 bits per heavy atom. The first-order valence-corrected chi connectivity index (χ1v) is 10.6. The molecule has 4 heteroatoms. The summed E-state index contributed by atoms with van der Waals surface area (Å²) in [6, 6.07) is 0. The summed E-state index contributed by atoms with van der Waals surface area (Å²) in [5, 5.41) is 9.50. The third kappa shape index (κ3) is 2.74. The highest BCUT2D eigenvalue weighted by Crippen LogP contribution is 2.67. The minimum absolute atomic E-state index is 0.0308. The van der Waals surface area contributed by atoms with Gasteiger partial charge in [0.25, 0.3) is 0 Å². The van der Waals surface area contributed by atoms with Gasteiger partial charge in [-0.3, -0.25) is 14.4 Å². The zero-order valence-corrected chi connectivity index (χ0v) is 16.8. The third-order valence-electron chi connectivity index (χ3n) is 9.03. The molecule has 0 saturated heterocycles. The molecular formula is C23H32O4. The van der Waals surface area contributed by atoms with E-state index in [2.05, 4.69) is 13.8 Å². The molecule has 3 fully saturated rings. The van der Waals surface area contributed by atoms with E-state index in [-0.39, 0.29) is 34.9 Å². The van der Waals surface area contributed by atoms with Crippen molar-refractivity contribution in [1.29, 1.82) is 0 Å². The maximum absolute atomic E-state index is 12.3. The number of carbonyl (C=O) groups is 3. The fourth-order valence-electron chi connectivity index (χ4n) is 7.86. The lowest BCUT2D eigenvalue weighted by molar-refractivity contribution is -0.139. The highest BCUT2D eigenvalue weighted by atomic mass is 16.4. The van der Waals surface area contributed by atoms with Gasteiger partial charge in [-0.1, -0.05) is 19.4 Å². The van der Waals surface area contributed by atoms with E-state index in [4.69, 9.17) is 0 Å². The summed E-state index contributed by atoms with van der Waals surface area (Å²) in [5.41, 5.74) is 1.14. The summed E-state index contributed by atoms with van der Waals surface area (Å²) in [6.45, 7) is 6.35. The summed E-state index contributed by atoms with van der Waals surface area (Å²) < 4.78 is 0. The second-order valence-electron chi connectivity index (χ2n) is 10.2. The van der Waals surface area contributed by atoms with Gasteiger partial charge in [0.1, 0.15) is 5.78 Å². The number of hydrogen-bond acceptors (Lipinski definition) is 3. The maximum atomic E-state index is 12.3. The van der Waals surface area contributed by atoms with Crippen LogP contribution in [-0.4, -0.2) is 22.6 Å². The van der Waals surface area contributed by atoms with Crippen molar-refractivity contribution >= 4 is 17.5 Å². The molecule has 0 radical (unpaired) electrons. The number of allylic oxidation sites excluding steroid dienone is 1. The molecule has 27 heavy (non-hydrogen) atoms. The van der Waals surface area contributed by atoms with Gasteiger partial charge in [0.05, 0.1) is 6.42 Å². The van der Waals surface area contributed by atoms with Crippen LogP contribution >= 0.6 is 0 Å². The summed E-state index contributed by atoms with van der Waals surface area (Å²) >= 11 is 0. The molecule has 0 aromatic heterocycles. The molecule has 1 N–H and O–H groups in total.